The van der Waals surface area contributed by atoms with Crippen molar-refractivity contribution in [2.24, 2.45) is 0 Å². The molecule has 3 saturated heterocycles. The molecule has 2 amide bonds. The van der Waals surface area contributed by atoms with Crippen LogP contribution in [0.4, 0.5) is 0 Å². The summed E-state index contributed by atoms with van der Waals surface area (Å²) in [6.07, 6.45) is 8.38. The van der Waals surface area contributed by atoms with Crippen LogP contribution in [0.25, 0.3) is 0 Å². The first-order chi connectivity index (χ1) is 19.0. The lowest BCUT2D eigenvalue weighted by Gasteiger charge is -2.36. The van der Waals surface area contributed by atoms with Gasteiger partial charge in [0.1, 0.15) is 11.9 Å². The summed E-state index contributed by atoms with van der Waals surface area (Å²) in [5.74, 6) is 0.988. The van der Waals surface area contributed by atoms with Gasteiger partial charge in [-0.25, -0.2) is 0 Å². The second kappa shape index (κ2) is 12.1. The van der Waals surface area contributed by atoms with E-state index >= 15 is 0 Å². The lowest BCUT2D eigenvalue weighted by molar-refractivity contribution is -0.134. The maximum atomic E-state index is 13.6. The molecule has 6 rings (SSSR count). The number of hydrogen-bond acceptors (Lipinski definition) is 7. The first-order valence-corrected chi connectivity index (χ1v) is 15.2. The van der Waals surface area contributed by atoms with Gasteiger partial charge in [0.15, 0.2) is 0 Å². The Bertz CT molecular complexity index is 1020. The number of hydrogen-bond donors (Lipinski definition) is 4. The minimum absolute atomic E-state index is 0.0414. The number of carbonyl (C=O) groups excluding carboxylic acids is 2. The van der Waals surface area contributed by atoms with Gasteiger partial charge in [0, 0.05) is 31.6 Å². The fraction of sp³-hybridized carbons (Fsp3) is 0.733. The van der Waals surface area contributed by atoms with Crippen molar-refractivity contribution < 1.29 is 24.2 Å². The molecule has 9 heteroatoms. The second-order valence-electron chi connectivity index (χ2n) is 12.2. The van der Waals surface area contributed by atoms with E-state index in [1.807, 2.05) is 6.07 Å². The molecule has 4 heterocycles. The molecule has 214 valence electrons. The highest BCUT2D eigenvalue weighted by Gasteiger charge is 2.42. The summed E-state index contributed by atoms with van der Waals surface area (Å²) in [6, 6.07) is 5.96. The summed E-state index contributed by atoms with van der Waals surface area (Å²) in [6.45, 7) is 3.24. The highest BCUT2D eigenvalue weighted by atomic mass is 16.5. The summed E-state index contributed by atoms with van der Waals surface area (Å²) in [7, 11) is 0. The van der Waals surface area contributed by atoms with E-state index in [4.69, 9.17) is 9.47 Å². The van der Waals surface area contributed by atoms with Crippen molar-refractivity contribution in [1.82, 2.24) is 20.9 Å². The van der Waals surface area contributed by atoms with Crippen molar-refractivity contribution in [1.29, 1.82) is 0 Å². The summed E-state index contributed by atoms with van der Waals surface area (Å²) in [5.41, 5.74) is 1.81. The number of benzene rings is 1. The van der Waals surface area contributed by atoms with Crippen LogP contribution in [0.15, 0.2) is 18.2 Å². The third kappa shape index (κ3) is 6.11. The van der Waals surface area contributed by atoms with Crippen molar-refractivity contribution in [3.8, 4) is 5.75 Å². The van der Waals surface area contributed by atoms with Gasteiger partial charge < -0.3 is 30.5 Å². The number of ether oxygens (including phenoxy) is 2. The van der Waals surface area contributed by atoms with E-state index in [0.717, 1.165) is 32.4 Å². The van der Waals surface area contributed by atoms with E-state index in [9.17, 15) is 14.7 Å². The molecular weight excluding hydrogens is 496 g/mol. The molecule has 0 spiro atoms. The molecule has 4 N–H and O–H groups in total. The second-order valence-corrected chi connectivity index (χ2v) is 12.2. The molecule has 5 aliphatic rings. The van der Waals surface area contributed by atoms with E-state index in [0.29, 0.717) is 62.2 Å². The van der Waals surface area contributed by atoms with Gasteiger partial charge in [-0.1, -0.05) is 18.9 Å². The van der Waals surface area contributed by atoms with Crippen molar-refractivity contribution >= 4 is 11.8 Å². The Labute approximate surface area is 231 Å². The lowest BCUT2D eigenvalue weighted by atomic mass is 9.95. The van der Waals surface area contributed by atoms with Crippen LogP contribution in [0.2, 0.25) is 0 Å². The standard InChI is InChI=1S/C30H44N4O5/c35-26-8-6-23-11-14-38-27-15-20(19-3-1-2-4-19)5-7-24(27)29(36)33-21-16-25(30(37)32-17-28(26)39-23)34(18-21)22-9-12-31-13-10-22/h5,7,15,19,21-23,25-26,28,31,35H,1-4,6,8-14,16-18H2,(H,32,37)(H,33,36)/t21-,23-,25-,26-,28+/m0/s1. The van der Waals surface area contributed by atoms with Crippen molar-refractivity contribution in [2.75, 3.05) is 32.8 Å². The minimum atomic E-state index is -0.591. The number of likely N-dealkylation sites (tertiary alicyclic amines) is 1. The average Bonchev–Trinajstić information content (AvgIpc) is 3.64. The van der Waals surface area contributed by atoms with Crippen LogP contribution in [0.1, 0.15) is 86.0 Å². The SMILES string of the molecule is O=C1N[C@H]2C[C@@H](C(=O)NC[C@H]3O[C@H](CCOc4cc(C5CCCC5)ccc41)CC[C@@H]3O)N(C1CCNCC1)C2. The zero-order valence-corrected chi connectivity index (χ0v) is 22.9. The van der Waals surface area contributed by atoms with Gasteiger partial charge in [0.05, 0.1) is 30.4 Å². The zero-order chi connectivity index (χ0) is 26.8. The van der Waals surface area contributed by atoms with E-state index in [2.05, 4.69) is 33.0 Å². The number of nitrogens with one attached hydrogen (secondary N) is 3. The van der Waals surface area contributed by atoms with Gasteiger partial charge in [-0.05, 0) is 81.6 Å². The monoisotopic (exact) mass is 540 g/mol. The van der Waals surface area contributed by atoms with Gasteiger partial charge in [-0.15, -0.1) is 0 Å². The first-order valence-electron chi connectivity index (χ1n) is 15.2. The van der Waals surface area contributed by atoms with Crippen LogP contribution in [0.3, 0.4) is 0 Å². The number of amides is 2. The van der Waals surface area contributed by atoms with Crippen LogP contribution in [-0.2, 0) is 9.53 Å². The van der Waals surface area contributed by atoms with Gasteiger partial charge in [-0.2, -0.15) is 0 Å². The Hall–Kier alpha value is -2.20. The Kier molecular flexibility index (Phi) is 8.39. The Morgan fingerprint density at radius 2 is 1.79 bits per heavy atom. The van der Waals surface area contributed by atoms with Gasteiger partial charge in [-0.3, -0.25) is 14.5 Å². The Balaban J connectivity index is 1.27. The molecule has 1 saturated carbocycles. The molecule has 0 radical (unpaired) electrons. The van der Waals surface area contributed by atoms with Crippen LogP contribution in [-0.4, -0.2) is 91.0 Å². The predicted molar refractivity (Wildman–Crippen MR) is 147 cm³/mol. The zero-order valence-electron chi connectivity index (χ0n) is 22.9. The third-order valence-electron chi connectivity index (χ3n) is 9.59. The fourth-order valence-corrected chi connectivity index (χ4v) is 7.35. The molecule has 9 nitrogen and oxygen atoms in total. The van der Waals surface area contributed by atoms with E-state index in [-0.39, 0.29) is 30.0 Å². The number of aliphatic hydroxyl groups is 1. The van der Waals surface area contributed by atoms with Crippen molar-refractivity contribution in [2.45, 2.75) is 107 Å². The highest BCUT2D eigenvalue weighted by molar-refractivity contribution is 5.97. The molecule has 0 unspecified atom stereocenters. The Morgan fingerprint density at radius 3 is 2.62 bits per heavy atom. The summed E-state index contributed by atoms with van der Waals surface area (Å²) >= 11 is 0. The van der Waals surface area contributed by atoms with Crippen LogP contribution in [0.5, 0.6) is 5.75 Å². The van der Waals surface area contributed by atoms with Crippen molar-refractivity contribution in [3.05, 3.63) is 29.3 Å². The molecule has 1 aliphatic carbocycles. The molecule has 39 heavy (non-hydrogen) atoms. The molecule has 4 bridgehead atoms. The molecular formula is C30H44N4O5. The highest BCUT2D eigenvalue weighted by Crippen LogP contribution is 2.37. The normalized spacial score (nSPS) is 33.7. The minimum Gasteiger partial charge on any atom is -0.493 e. The molecule has 5 atom stereocenters. The maximum Gasteiger partial charge on any atom is 0.255 e. The average molecular weight is 541 g/mol. The molecule has 0 aromatic heterocycles. The first kappa shape index (κ1) is 27.0. The maximum absolute atomic E-state index is 13.6. The number of rotatable bonds is 2. The van der Waals surface area contributed by atoms with Crippen molar-refractivity contribution in [3.63, 3.8) is 0 Å². The molecule has 4 aliphatic heterocycles. The van der Waals surface area contributed by atoms with Crippen LogP contribution < -0.4 is 20.7 Å². The smallest absolute Gasteiger partial charge is 0.255 e. The van der Waals surface area contributed by atoms with Gasteiger partial charge in [0.25, 0.3) is 5.91 Å². The number of fused-ring (bicyclic) bond motifs is 5. The quantitative estimate of drug-likeness (QED) is 0.455. The number of aliphatic hydroxyl groups excluding tert-OH is 1. The number of carbonyl (C=O) groups is 2. The Morgan fingerprint density at radius 1 is 0.974 bits per heavy atom. The van der Waals surface area contributed by atoms with Gasteiger partial charge in [0.2, 0.25) is 5.91 Å². The lowest BCUT2D eigenvalue weighted by Crippen LogP contribution is -2.53. The number of nitrogens with zero attached hydrogens (tertiary/aromatic N) is 1. The van der Waals surface area contributed by atoms with E-state index in [1.54, 1.807) is 0 Å². The number of piperidine rings is 1. The van der Waals surface area contributed by atoms with E-state index in [1.165, 1.54) is 31.2 Å². The molecule has 1 aromatic carbocycles. The van der Waals surface area contributed by atoms with E-state index < -0.39 is 12.2 Å². The summed E-state index contributed by atoms with van der Waals surface area (Å²) in [5, 5.41) is 20.3. The molecule has 4 fully saturated rings. The third-order valence-corrected chi connectivity index (χ3v) is 9.59. The van der Waals surface area contributed by atoms with Crippen LogP contribution >= 0.6 is 0 Å². The fourth-order valence-electron chi connectivity index (χ4n) is 7.35. The van der Waals surface area contributed by atoms with Gasteiger partial charge >= 0.3 is 0 Å². The van der Waals surface area contributed by atoms with Crippen LogP contribution in [0, 0.1) is 0 Å². The summed E-state index contributed by atoms with van der Waals surface area (Å²) in [4.78, 5) is 29.4. The topological polar surface area (TPSA) is 112 Å². The predicted octanol–water partition coefficient (Wildman–Crippen LogP) is 2.08. The largest absolute Gasteiger partial charge is 0.493 e. The summed E-state index contributed by atoms with van der Waals surface area (Å²) < 4.78 is 12.5. The molecule has 1 aromatic rings.